The van der Waals surface area contributed by atoms with E-state index in [4.69, 9.17) is 0 Å². The van der Waals surface area contributed by atoms with Crippen LogP contribution in [-0.2, 0) is 4.79 Å². The van der Waals surface area contributed by atoms with E-state index in [1.165, 1.54) is 0 Å². The quantitative estimate of drug-likeness (QED) is 0.791. The van der Waals surface area contributed by atoms with Crippen LogP contribution in [0.5, 0.6) is 0 Å². The number of aliphatic hydroxyl groups excluding tert-OH is 1. The summed E-state index contributed by atoms with van der Waals surface area (Å²) >= 11 is 0. The molecule has 2 N–H and O–H groups in total. The summed E-state index contributed by atoms with van der Waals surface area (Å²) in [6.07, 6.45) is 1.08. The first-order valence-electron chi connectivity index (χ1n) is 5.66. The van der Waals surface area contributed by atoms with Crippen molar-refractivity contribution < 1.29 is 9.90 Å². The van der Waals surface area contributed by atoms with E-state index in [-0.39, 0.29) is 5.91 Å². The monoisotopic (exact) mass is 237 g/mol. The van der Waals surface area contributed by atoms with Gasteiger partial charge in [0.15, 0.2) is 0 Å². The number of carbonyl (C=O) groups is 1. The molecule has 1 aromatic rings. The lowest BCUT2D eigenvalue weighted by molar-refractivity contribution is -0.119. The van der Waals surface area contributed by atoms with Crippen molar-refractivity contribution in [2.24, 2.45) is 0 Å². The Kier molecular flexibility index (Phi) is 4.90. The van der Waals surface area contributed by atoms with Crippen molar-refractivity contribution in [1.82, 2.24) is 10.3 Å². The molecule has 0 aliphatic carbocycles. The molecule has 1 atom stereocenters. The van der Waals surface area contributed by atoms with Crippen molar-refractivity contribution in [1.29, 1.82) is 0 Å². The van der Waals surface area contributed by atoms with Crippen LogP contribution in [0.15, 0.2) is 18.3 Å². The Balaban J connectivity index is 2.63. The lowest BCUT2D eigenvalue weighted by Gasteiger charge is -2.18. The third-order valence-electron chi connectivity index (χ3n) is 2.39. The van der Waals surface area contributed by atoms with E-state index < -0.39 is 6.10 Å². The highest BCUT2D eigenvalue weighted by Gasteiger charge is 2.08. The molecule has 1 rings (SSSR count). The second kappa shape index (κ2) is 6.20. The van der Waals surface area contributed by atoms with E-state index in [9.17, 15) is 9.90 Å². The second-order valence-corrected chi connectivity index (χ2v) is 3.93. The highest BCUT2D eigenvalue weighted by molar-refractivity contribution is 5.81. The number of pyridine rings is 1. The summed E-state index contributed by atoms with van der Waals surface area (Å²) in [5.74, 6) is -0.0189. The van der Waals surface area contributed by atoms with Crippen LogP contribution < -0.4 is 10.2 Å². The van der Waals surface area contributed by atoms with E-state index in [0.717, 1.165) is 5.69 Å². The van der Waals surface area contributed by atoms with Crippen molar-refractivity contribution in [2.75, 3.05) is 25.0 Å². The molecule has 0 unspecified atom stereocenters. The van der Waals surface area contributed by atoms with E-state index in [1.54, 1.807) is 19.2 Å². The maximum Gasteiger partial charge on any atom is 0.239 e. The highest BCUT2D eigenvalue weighted by atomic mass is 16.3. The van der Waals surface area contributed by atoms with E-state index >= 15 is 0 Å². The molecule has 1 amide bonds. The summed E-state index contributed by atoms with van der Waals surface area (Å²) < 4.78 is 0. The third-order valence-corrected chi connectivity index (χ3v) is 2.39. The Morgan fingerprint density at radius 2 is 2.29 bits per heavy atom. The lowest BCUT2D eigenvalue weighted by Crippen LogP contribution is -2.35. The van der Waals surface area contributed by atoms with Crippen LogP contribution in [0.1, 0.15) is 25.6 Å². The van der Waals surface area contributed by atoms with Gasteiger partial charge >= 0.3 is 0 Å². The average molecular weight is 237 g/mol. The molecule has 0 aliphatic heterocycles. The summed E-state index contributed by atoms with van der Waals surface area (Å²) in [6.45, 7) is 4.48. The number of rotatable bonds is 5. The lowest BCUT2D eigenvalue weighted by atomic mass is 10.2. The van der Waals surface area contributed by atoms with Gasteiger partial charge < -0.3 is 15.3 Å². The molecule has 0 spiro atoms. The van der Waals surface area contributed by atoms with Crippen LogP contribution >= 0.6 is 0 Å². The molecule has 1 heterocycles. The Labute approximate surface area is 101 Å². The zero-order valence-electron chi connectivity index (χ0n) is 10.5. The van der Waals surface area contributed by atoms with Gasteiger partial charge in [0.1, 0.15) is 0 Å². The number of hydrogen-bond donors (Lipinski definition) is 2. The molecule has 0 saturated carbocycles. The van der Waals surface area contributed by atoms with Crippen LogP contribution in [0.25, 0.3) is 0 Å². The fourth-order valence-corrected chi connectivity index (χ4v) is 1.43. The number of anilines is 1. The molecule has 94 valence electrons. The summed E-state index contributed by atoms with van der Waals surface area (Å²) in [5, 5.41) is 12.1. The Morgan fingerprint density at radius 3 is 2.76 bits per heavy atom. The molecule has 0 bridgehead atoms. The van der Waals surface area contributed by atoms with Crippen LogP contribution in [0, 0.1) is 0 Å². The number of aromatic nitrogens is 1. The van der Waals surface area contributed by atoms with Crippen LogP contribution in [0.4, 0.5) is 5.69 Å². The van der Waals surface area contributed by atoms with Gasteiger partial charge in [0.05, 0.1) is 30.2 Å². The number of likely N-dealkylation sites (N-methyl/N-ethyl adjacent to an activating group) is 2. The van der Waals surface area contributed by atoms with Gasteiger partial charge in [-0.05, 0) is 26.0 Å². The molecule has 0 radical (unpaired) electrons. The van der Waals surface area contributed by atoms with Crippen molar-refractivity contribution in [3.8, 4) is 0 Å². The Morgan fingerprint density at radius 1 is 1.59 bits per heavy atom. The largest absolute Gasteiger partial charge is 0.387 e. The average Bonchev–Trinajstić information content (AvgIpc) is 2.29. The minimum absolute atomic E-state index is 0.0189. The number of aliphatic hydroxyl groups is 1. The van der Waals surface area contributed by atoms with Crippen LogP contribution in [-0.4, -0.2) is 36.1 Å². The zero-order chi connectivity index (χ0) is 12.8. The van der Waals surface area contributed by atoms with Crippen molar-refractivity contribution in [3.05, 3.63) is 24.0 Å². The molecule has 0 fully saturated rings. The molecule has 5 nitrogen and oxygen atoms in total. The van der Waals surface area contributed by atoms with Crippen LogP contribution in [0.2, 0.25) is 0 Å². The number of amides is 1. The maximum atomic E-state index is 11.4. The molecule has 1 aromatic heterocycles. The smallest absolute Gasteiger partial charge is 0.239 e. The molecular formula is C12H19N3O2. The van der Waals surface area contributed by atoms with Gasteiger partial charge in [-0.2, -0.15) is 0 Å². The molecular weight excluding hydrogens is 218 g/mol. The van der Waals surface area contributed by atoms with Crippen molar-refractivity contribution in [3.63, 3.8) is 0 Å². The number of nitrogens with one attached hydrogen (secondary N) is 1. The van der Waals surface area contributed by atoms with Crippen molar-refractivity contribution in [2.45, 2.75) is 20.0 Å². The topological polar surface area (TPSA) is 65.5 Å². The van der Waals surface area contributed by atoms with Gasteiger partial charge in [0, 0.05) is 13.6 Å². The van der Waals surface area contributed by atoms with Gasteiger partial charge in [-0.15, -0.1) is 0 Å². The van der Waals surface area contributed by atoms with Gasteiger partial charge in [0.2, 0.25) is 5.91 Å². The minimum atomic E-state index is -0.572. The second-order valence-electron chi connectivity index (χ2n) is 3.93. The van der Waals surface area contributed by atoms with Gasteiger partial charge in [-0.25, -0.2) is 0 Å². The molecule has 17 heavy (non-hydrogen) atoms. The summed E-state index contributed by atoms with van der Waals surface area (Å²) in [7, 11) is 1.83. The van der Waals surface area contributed by atoms with Gasteiger partial charge in [-0.3, -0.25) is 9.78 Å². The SMILES string of the molecule is CCNC(=O)CN(C)c1ccc([C@H](C)O)nc1. The highest BCUT2D eigenvalue weighted by Crippen LogP contribution is 2.14. The first-order valence-corrected chi connectivity index (χ1v) is 5.66. The molecule has 0 aromatic carbocycles. The normalized spacial score (nSPS) is 12.0. The minimum Gasteiger partial charge on any atom is -0.387 e. The van der Waals surface area contributed by atoms with E-state index in [2.05, 4.69) is 10.3 Å². The standard InChI is InChI=1S/C12H19N3O2/c1-4-13-12(17)8-15(3)10-5-6-11(9(2)16)14-7-10/h5-7,9,16H,4,8H2,1-3H3,(H,13,17)/t9-/m0/s1. The zero-order valence-corrected chi connectivity index (χ0v) is 10.5. The maximum absolute atomic E-state index is 11.4. The fraction of sp³-hybridized carbons (Fsp3) is 0.500. The number of nitrogens with zero attached hydrogens (tertiary/aromatic N) is 2. The Bertz CT molecular complexity index is 363. The summed E-state index contributed by atoms with van der Waals surface area (Å²) in [6, 6.07) is 3.60. The predicted octanol–water partition coefficient (Wildman–Crippen LogP) is 0.707. The van der Waals surface area contributed by atoms with Gasteiger partial charge in [-0.1, -0.05) is 0 Å². The number of hydrogen-bond acceptors (Lipinski definition) is 4. The molecule has 0 aliphatic rings. The summed E-state index contributed by atoms with van der Waals surface area (Å²) in [5.41, 5.74) is 1.47. The van der Waals surface area contributed by atoms with Gasteiger partial charge in [0.25, 0.3) is 0 Å². The molecule has 5 heteroatoms. The van der Waals surface area contributed by atoms with E-state index in [1.807, 2.05) is 24.9 Å². The van der Waals surface area contributed by atoms with Crippen LogP contribution in [0.3, 0.4) is 0 Å². The van der Waals surface area contributed by atoms with E-state index in [0.29, 0.717) is 18.8 Å². The number of carbonyl (C=O) groups excluding carboxylic acids is 1. The first-order chi connectivity index (χ1) is 8.04. The summed E-state index contributed by atoms with van der Waals surface area (Å²) in [4.78, 5) is 17.3. The Hall–Kier alpha value is -1.62. The van der Waals surface area contributed by atoms with Crippen molar-refractivity contribution >= 4 is 11.6 Å². The molecule has 0 saturated heterocycles. The first kappa shape index (κ1) is 13.4. The third kappa shape index (κ3) is 4.03. The predicted molar refractivity (Wildman–Crippen MR) is 66.8 cm³/mol. The fourth-order valence-electron chi connectivity index (χ4n) is 1.43.